The Bertz CT molecular complexity index is 1260. The van der Waals surface area contributed by atoms with E-state index in [4.69, 9.17) is 22.3 Å². The zero-order valence-electron chi connectivity index (χ0n) is 17.2. The first-order chi connectivity index (χ1) is 15.0. The lowest BCUT2D eigenvalue weighted by atomic mass is 10.1. The largest absolute Gasteiger partial charge is 0.370 e. The standard InChI is InChI=1S/C22H24ClN7O/c1-29-6-8-30(9-7-29)14-3-5-18-19(11-14)26-22(25-18)21-15-10-13(16(23)12-20(24)31)2-4-17(15)27-28-21/h2-5,10-11,16H,6-9,12H2,1H3,(H2,24,31)(H,25,26)(H,27,28). The smallest absolute Gasteiger partial charge is 0.219 e. The number of carbonyl (C=O) groups is 1. The van der Waals surface area contributed by atoms with Crippen LogP contribution in [-0.2, 0) is 4.79 Å². The Morgan fingerprint density at radius 1 is 1.16 bits per heavy atom. The molecule has 160 valence electrons. The summed E-state index contributed by atoms with van der Waals surface area (Å²) in [6, 6.07) is 12.1. The third-order valence-electron chi connectivity index (χ3n) is 5.89. The average Bonchev–Trinajstić information content (AvgIpc) is 3.36. The van der Waals surface area contributed by atoms with E-state index in [9.17, 15) is 4.79 Å². The molecule has 4 N–H and O–H groups in total. The Morgan fingerprint density at radius 3 is 2.74 bits per heavy atom. The van der Waals surface area contributed by atoms with Crippen molar-refractivity contribution in [2.24, 2.45) is 5.73 Å². The molecule has 1 amide bonds. The van der Waals surface area contributed by atoms with Crippen LogP contribution in [-0.4, -0.2) is 64.2 Å². The third-order valence-corrected chi connectivity index (χ3v) is 6.29. The van der Waals surface area contributed by atoms with E-state index < -0.39 is 11.3 Å². The van der Waals surface area contributed by atoms with E-state index in [0.29, 0.717) is 5.82 Å². The molecule has 0 spiro atoms. The molecule has 0 saturated carbocycles. The molecule has 2 aromatic heterocycles. The zero-order chi connectivity index (χ0) is 21.5. The fraction of sp³-hybridized carbons (Fsp3) is 0.318. The van der Waals surface area contributed by atoms with E-state index >= 15 is 0 Å². The van der Waals surface area contributed by atoms with Gasteiger partial charge in [0, 0.05) is 43.7 Å². The van der Waals surface area contributed by atoms with Crippen LogP contribution in [0.1, 0.15) is 17.4 Å². The van der Waals surface area contributed by atoms with E-state index in [1.165, 1.54) is 5.69 Å². The molecule has 0 radical (unpaired) electrons. The van der Waals surface area contributed by atoms with Gasteiger partial charge in [0.05, 0.1) is 21.9 Å². The number of carbonyl (C=O) groups excluding carboxylic acids is 1. The number of alkyl halides is 1. The number of nitrogens with one attached hydrogen (secondary N) is 2. The number of amides is 1. The molecule has 1 atom stereocenters. The van der Waals surface area contributed by atoms with Gasteiger partial charge in [-0.25, -0.2) is 4.98 Å². The molecule has 2 aromatic carbocycles. The van der Waals surface area contributed by atoms with Crippen molar-refractivity contribution >= 4 is 45.1 Å². The predicted molar refractivity (Wildman–Crippen MR) is 123 cm³/mol. The summed E-state index contributed by atoms with van der Waals surface area (Å²) in [4.78, 5) is 24.2. The van der Waals surface area contributed by atoms with E-state index in [2.05, 4.69) is 44.2 Å². The summed E-state index contributed by atoms with van der Waals surface area (Å²) < 4.78 is 0. The van der Waals surface area contributed by atoms with Crippen LogP contribution in [0, 0.1) is 0 Å². The van der Waals surface area contributed by atoms with Crippen LogP contribution in [0.25, 0.3) is 33.5 Å². The average molecular weight is 438 g/mol. The van der Waals surface area contributed by atoms with Gasteiger partial charge in [-0.05, 0) is 42.9 Å². The molecule has 1 aliphatic rings. The lowest BCUT2D eigenvalue weighted by Crippen LogP contribution is -2.44. The van der Waals surface area contributed by atoms with E-state index in [0.717, 1.165) is 59.4 Å². The number of rotatable bonds is 5. The van der Waals surface area contributed by atoms with Crippen LogP contribution >= 0.6 is 11.6 Å². The number of nitrogens with two attached hydrogens (primary N) is 1. The number of H-pyrrole nitrogens is 2. The van der Waals surface area contributed by atoms with Gasteiger partial charge in [0.2, 0.25) is 5.91 Å². The van der Waals surface area contributed by atoms with Crippen LogP contribution < -0.4 is 10.6 Å². The molecular formula is C22H24ClN7O. The maximum absolute atomic E-state index is 11.2. The van der Waals surface area contributed by atoms with E-state index in [1.807, 2.05) is 24.3 Å². The van der Waals surface area contributed by atoms with Crippen molar-refractivity contribution in [3.05, 3.63) is 42.0 Å². The molecule has 8 nitrogen and oxygen atoms in total. The molecule has 1 fully saturated rings. The summed E-state index contributed by atoms with van der Waals surface area (Å²) in [6.07, 6.45) is 0.0833. The van der Waals surface area contributed by atoms with Crippen molar-refractivity contribution in [1.82, 2.24) is 25.1 Å². The number of fused-ring (bicyclic) bond motifs is 2. The molecule has 31 heavy (non-hydrogen) atoms. The molecule has 4 aromatic rings. The number of likely N-dealkylation sites (N-methyl/N-ethyl adjacent to an activating group) is 1. The second-order valence-electron chi connectivity index (χ2n) is 8.09. The minimum absolute atomic E-state index is 0.0833. The van der Waals surface area contributed by atoms with Crippen LogP contribution in [0.4, 0.5) is 5.69 Å². The summed E-state index contributed by atoms with van der Waals surface area (Å²) in [5, 5.41) is 7.94. The van der Waals surface area contributed by atoms with Crippen molar-refractivity contribution < 1.29 is 4.79 Å². The minimum Gasteiger partial charge on any atom is -0.370 e. The summed E-state index contributed by atoms with van der Waals surface area (Å²) in [6.45, 7) is 4.15. The molecular weight excluding hydrogens is 414 g/mol. The van der Waals surface area contributed by atoms with Gasteiger partial charge in [-0.15, -0.1) is 11.6 Å². The van der Waals surface area contributed by atoms with E-state index in [1.54, 1.807) is 0 Å². The predicted octanol–water partition coefficient (Wildman–Crippen LogP) is 3.01. The highest BCUT2D eigenvalue weighted by Gasteiger charge is 2.18. The second-order valence-corrected chi connectivity index (χ2v) is 8.62. The number of aromatic amines is 2. The molecule has 9 heteroatoms. The lowest BCUT2D eigenvalue weighted by molar-refractivity contribution is -0.118. The number of benzene rings is 2. The van der Waals surface area contributed by atoms with Crippen molar-refractivity contribution in [2.75, 3.05) is 38.1 Å². The number of hydrogen-bond donors (Lipinski definition) is 3. The fourth-order valence-corrected chi connectivity index (χ4v) is 4.36. The molecule has 1 unspecified atom stereocenters. The van der Waals surface area contributed by atoms with Crippen molar-refractivity contribution in [2.45, 2.75) is 11.8 Å². The molecule has 5 rings (SSSR count). The molecule has 1 saturated heterocycles. The van der Waals surface area contributed by atoms with Crippen LogP contribution in [0.3, 0.4) is 0 Å². The van der Waals surface area contributed by atoms with Crippen molar-refractivity contribution in [3.63, 3.8) is 0 Å². The van der Waals surface area contributed by atoms with Gasteiger partial charge in [0.25, 0.3) is 0 Å². The fourth-order valence-electron chi connectivity index (χ4n) is 4.07. The SMILES string of the molecule is CN1CCN(c2ccc3nc(-c4n[nH]c5ccc(C(Cl)CC(N)=O)cc45)[nH]c3c2)CC1. The first-order valence-electron chi connectivity index (χ1n) is 10.3. The Balaban J connectivity index is 1.49. The van der Waals surface area contributed by atoms with Gasteiger partial charge in [0.15, 0.2) is 5.82 Å². The monoisotopic (exact) mass is 437 g/mol. The summed E-state index contributed by atoms with van der Waals surface area (Å²) >= 11 is 6.37. The highest BCUT2D eigenvalue weighted by Crippen LogP contribution is 2.32. The van der Waals surface area contributed by atoms with Gasteiger partial charge in [-0.1, -0.05) is 6.07 Å². The first-order valence-corrected chi connectivity index (χ1v) is 10.8. The van der Waals surface area contributed by atoms with Crippen molar-refractivity contribution in [3.8, 4) is 11.5 Å². The number of hydrogen-bond acceptors (Lipinski definition) is 5. The quantitative estimate of drug-likeness (QED) is 0.416. The number of piperazine rings is 1. The van der Waals surface area contributed by atoms with Crippen LogP contribution in [0.15, 0.2) is 36.4 Å². The van der Waals surface area contributed by atoms with Crippen molar-refractivity contribution in [1.29, 1.82) is 0 Å². The number of primary amides is 1. The number of aromatic nitrogens is 4. The topological polar surface area (TPSA) is 107 Å². The van der Waals surface area contributed by atoms with Gasteiger partial charge in [0.1, 0.15) is 5.69 Å². The molecule has 1 aliphatic heterocycles. The second kappa shape index (κ2) is 7.86. The molecule has 3 heterocycles. The Kier molecular flexibility index (Phi) is 5.03. The summed E-state index contributed by atoms with van der Waals surface area (Å²) in [7, 11) is 2.15. The first kappa shape index (κ1) is 19.8. The summed E-state index contributed by atoms with van der Waals surface area (Å²) in [5.74, 6) is 0.260. The zero-order valence-corrected chi connectivity index (χ0v) is 18.0. The number of anilines is 1. The summed E-state index contributed by atoms with van der Waals surface area (Å²) in [5.41, 5.74) is 10.8. The van der Waals surface area contributed by atoms with Gasteiger partial charge >= 0.3 is 0 Å². The molecule has 0 bridgehead atoms. The Labute approximate surface area is 184 Å². The third kappa shape index (κ3) is 3.84. The van der Waals surface area contributed by atoms with E-state index in [-0.39, 0.29) is 6.42 Å². The Morgan fingerprint density at radius 2 is 1.97 bits per heavy atom. The maximum atomic E-state index is 11.2. The number of halogens is 1. The van der Waals surface area contributed by atoms with Gasteiger partial charge in [-0.3, -0.25) is 9.89 Å². The van der Waals surface area contributed by atoms with Crippen LogP contribution in [0.2, 0.25) is 0 Å². The van der Waals surface area contributed by atoms with Gasteiger partial charge in [-0.2, -0.15) is 5.10 Å². The maximum Gasteiger partial charge on any atom is 0.219 e. The lowest BCUT2D eigenvalue weighted by Gasteiger charge is -2.34. The number of nitrogens with zero attached hydrogens (tertiary/aromatic N) is 4. The normalized spacial score (nSPS) is 16.3. The molecule has 0 aliphatic carbocycles. The van der Waals surface area contributed by atoms with Crippen LogP contribution in [0.5, 0.6) is 0 Å². The highest BCUT2D eigenvalue weighted by molar-refractivity contribution is 6.22. The van der Waals surface area contributed by atoms with Gasteiger partial charge < -0.3 is 20.5 Å². The number of imidazole rings is 1. The minimum atomic E-state index is -0.480. The Hall–Kier alpha value is -3.10. The highest BCUT2D eigenvalue weighted by atomic mass is 35.5.